The maximum atomic E-state index is 12.3. The van der Waals surface area contributed by atoms with Crippen LogP contribution in [0.5, 0.6) is 11.5 Å². The van der Waals surface area contributed by atoms with E-state index in [1.807, 2.05) is 42.7 Å². The minimum atomic E-state index is -0.0866. The maximum Gasteiger partial charge on any atom is 0.230 e. The lowest BCUT2D eigenvalue weighted by Gasteiger charge is -2.10. The van der Waals surface area contributed by atoms with Gasteiger partial charge in [-0.25, -0.2) is 0 Å². The van der Waals surface area contributed by atoms with Crippen LogP contribution in [0.3, 0.4) is 0 Å². The molecule has 8 nitrogen and oxygen atoms in total. The molecule has 0 aliphatic heterocycles. The van der Waals surface area contributed by atoms with E-state index >= 15 is 0 Å². The van der Waals surface area contributed by atoms with Crippen molar-refractivity contribution >= 4 is 17.7 Å². The third-order valence-corrected chi connectivity index (χ3v) is 5.37. The van der Waals surface area contributed by atoms with E-state index in [1.165, 1.54) is 11.8 Å². The number of hydrogen-bond donors (Lipinski definition) is 1. The molecule has 0 atom stereocenters. The largest absolute Gasteiger partial charge is 0.493 e. The van der Waals surface area contributed by atoms with Gasteiger partial charge in [0, 0.05) is 13.1 Å². The third kappa shape index (κ3) is 4.73. The summed E-state index contributed by atoms with van der Waals surface area (Å²) in [7, 11) is 3.17. The first-order valence-electron chi connectivity index (χ1n) is 9.15. The van der Waals surface area contributed by atoms with Crippen molar-refractivity contribution < 1.29 is 18.7 Å². The first kappa shape index (κ1) is 20.8. The molecule has 0 radical (unpaired) electrons. The molecule has 2 heterocycles. The second-order valence-electron chi connectivity index (χ2n) is 6.20. The zero-order chi connectivity index (χ0) is 20.8. The molecule has 29 heavy (non-hydrogen) atoms. The molecule has 9 heteroatoms. The van der Waals surface area contributed by atoms with Gasteiger partial charge in [-0.15, -0.1) is 10.2 Å². The summed E-state index contributed by atoms with van der Waals surface area (Å²) in [5, 5.41) is 12.1. The number of hydrogen-bond acceptors (Lipinski definition) is 7. The van der Waals surface area contributed by atoms with Crippen LogP contribution >= 0.6 is 11.8 Å². The van der Waals surface area contributed by atoms with Crippen molar-refractivity contribution in [3.8, 4) is 22.9 Å². The van der Waals surface area contributed by atoms with Gasteiger partial charge in [0.1, 0.15) is 5.76 Å². The number of amides is 1. The molecule has 1 aromatic carbocycles. The molecule has 0 spiro atoms. The summed E-state index contributed by atoms with van der Waals surface area (Å²) in [5.41, 5.74) is 1.83. The molecule has 0 saturated carbocycles. The number of aromatic nitrogens is 3. The summed E-state index contributed by atoms with van der Waals surface area (Å²) >= 11 is 1.35. The normalized spacial score (nSPS) is 10.8. The summed E-state index contributed by atoms with van der Waals surface area (Å²) in [6, 6.07) is 7.43. The Morgan fingerprint density at radius 2 is 2.00 bits per heavy atom. The van der Waals surface area contributed by atoms with E-state index in [0.29, 0.717) is 29.7 Å². The average molecular weight is 417 g/mol. The van der Waals surface area contributed by atoms with Crippen LogP contribution < -0.4 is 14.8 Å². The van der Waals surface area contributed by atoms with Crippen LogP contribution in [0.1, 0.15) is 18.2 Å². The minimum absolute atomic E-state index is 0.0866. The van der Waals surface area contributed by atoms with Gasteiger partial charge in [-0.2, -0.15) is 0 Å². The molecule has 0 bridgehead atoms. The number of benzene rings is 1. The molecule has 2 aromatic heterocycles. The molecule has 154 valence electrons. The van der Waals surface area contributed by atoms with Crippen molar-refractivity contribution in [3.63, 3.8) is 0 Å². The summed E-state index contributed by atoms with van der Waals surface area (Å²) in [6.45, 7) is 5.00. The van der Waals surface area contributed by atoms with Crippen LogP contribution in [0.25, 0.3) is 11.4 Å². The topological polar surface area (TPSA) is 91.4 Å². The summed E-state index contributed by atoms with van der Waals surface area (Å²) in [5.74, 6) is 2.97. The molecular formula is C20H24N4O4S. The van der Waals surface area contributed by atoms with Crippen LogP contribution in [0.2, 0.25) is 0 Å². The van der Waals surface area contributed by atoms with Gasteiger partial charge in [0.25, 0.3) is 0 Å². The van der Waals surface area contributed by atoms with E-state index in [4.69, 9.17) is 13.9 Å². The standard InChI is InChI=1S/C20H24N4O4S/c1-5-24-19(15-8-9-28-13(15)2)22-23-20(24)29-12-18(25)21-11-14-6-7-16(26-3)17(10-14)27-4/h6-10H,5,11-12H2,1-4H3,(H,21,25). The van der Waals surface area contributed by atoms with Crippen molar-refractivity contribution in [1.29, 1.82) is 0 Å². The molecule has 1 N–H and O–H groups in total. The quantitative estimate of drug-likeness (QED) is 0.535. The number of ether oxygens (including phenoxy) is 2. The summed E-state index contributed by atoms with van der Waals surface area (Å²) in [4.78, 5) is 12.3. The zero-order valence-electron chi connectivity index (χ0n) is 16.9. The van der Waals surface area contributed by atoms with Crippen LogP contribution in [-0.2, 0) is 17.9 Å². The lowest BCUT2D eigenvalue weighted by Crippen LogP contribution is -2.24. The number of nitrogens with zero attached hydrogens (tertiary/aromatic N) is 3. The van der Waals surface area contributed by atoms with Gasteiger partial charge in [0.15, 0.2) is 22.5 Å². The number of thioether (sulfide) groups is 1. The monoisotopic (exact) mass is 416 g/mol. The van der Waals surface area contributed by atoms with Crippen molar-refractivity contribution in [2.24, 2.45) is 0 Å². The smallest absolute Gasteiger partial charge is 0.230 e. The Balaban J connectivity index is 1.59. The lowest BCUT2D eigenvalue weighted by molar-refractivity contribution is -0.118. The van der Waals surface area contributed by atoms with E-state index < -0.39 is 0 Å². The maximum absolute atomic E-state index is 12.3. The van der Waals surface area contributed by atoms with E-state index in [2.05, 4.69) is 15.5 Å². The predicted octanol–water partition coefficient (Wildman–Crippen LogP) is 3.29. The highest BCUT2D eigenvalue weighted by molar-refractivity contribution is 7.99. The van der Waals surface area contributed by atoms with Crippen molar-refractivity contribution in [2.45, 2.75) is 32.1 Å². The Morgan fingerprint density at radius 3 is 2.66 bits per heavy atom. The predicted molar refractivity (Wildman–Crippen MR) is 110 cm³/mol. The Labute approximate surface area is 173 Å². The van der Waals surface area contributed by atoms with E-state index in [9.17, 15) is 4.79 Å². The van der Waals surface area contributed by atoms with Gasteiger partial charge < -0.3 is 23.8 Å². The van der Waals surface area contributed by atoms with Crippen LogP contribution in [0.4, 0.5) is 0 Å². The average Bonchev–Trinajstić information content (AvgIpc) is 3.35. The second-order valence-corrected chi connectivity index (χ2v) is 7.14. The molecule has 0 aliphatic rings. The zero-order valence-corrected chi connectivity index (χ0v) is 17.7. The third-order valence-electron chi connectivity index (χ3n) is 4.40. The van der Waals surface area contributed by atoms with Crippen LogP contribution in [0, 0.1) is 6.92 Å². The summed E-state index contributed by atoms with van der Waals surface area (Å²) < 4.78 is 17.9. The van der Waals surface area contributed by atoms with Gasteiger partial charge in [-0.05, 0) is 37.6 Å². The Hall–Kier alpha value is -2.94. The first-order chi connectivity index (χ1) is 14.1. The number of furan rings is 1. The first-order valence-corrected chi connectivity index (χ1v) is 10.1. The summed E-state index contributed by atoms with van der Waals surface area (Å²) in [6.07, 6.45) is 1.63. The van der Waals surface area contributed by atoms with E-state index in [-0.39, 0.29) is 11.7 Å². The highest BCUT2D eigenvalue weighted by Gasteiger charge is 2.17. The molecular weight excluding hydrogens is 392 g/mol. The highest BCUT2D eigenvalue weighted by atomic mass is 32.2. The fourth-order valence-electron chi connectivity index (χ4n) is 2.87. The molecule has 1 amide bonds. The van der Waals surface area contributed by atoms with Gasteiger partial charge >= 0.3 is 0 Å². The highest BCUT2D eigenvalue weighted by Crippen LogP contribution is 2.28. The number of aryl methyl sites for hydroxylation is 1. The van der Waals surface area contributed by atoms with E-state index in [1.54, 1.807) is 20.5 Å². The van der Waals surface area contributed by atoms with Crippen LogP contribution in [0.15, 0.2) is 40.1 Å². The van der Waals surface area contributed by atoms with Gasteiger partial charge in [0.2, 0.25) is 5.91 Å². The molecule has 0 aliphatic carbocycles. The number of methoxy groups -OCH3 is 2. The van der Waals surface area contributed by atoms with Gasteiger partial charge in [-0.1, -0.05) is 17.8 Å². The molecule has 0 fully saturated rings. The van der Waals surface area contributed by atoms with Gasteiger partial charge in [-0.3, -0.25) is 4.79 Å². The van der Waals surface area contributed by atoms with Gasteiger partial charge in [0.05, 0.1) is 31.8 Å². The number of carbonyl (C=O) groups excluding carboxylic acids is 1. The van der Waals surface area contributed by atoms with Crippen molar-refractivity contribution in [2.75, 3.05) is 20.0 Å². The molecule has 3 rings (SSSR count). The van der Waals surface area contributed by atoms with Crippen molar-refractivity contribution in [3.05, 3.63) is 41.9 Å². The van der Waals surface area contributed by atoms with Crippen molar-refractivity contribution in [1.82, 2.24) is 20.1 Å². The minimum Gasteiger partial charge on any atom is -0.493 e. The number of nitrogens with one attached hydrogen (secondary N) is 1. The molecule has 0 saturated heterocycles. The Bertz CT molecular complexity index is 983. The lowest BCUT2D eigenvalue weighted by atomic mass is 10.2. The molecule has 3 aromatic rings. The fraction of sp³-hybridized carbons (Fsp3) is 0.350. The fourth-order valence-corrected chi connectivity index (χ4v) is 3.70. The number of rotatable bonds is 9. The molecule has 0 unspecified atom stereocenters. The number of carbonyl (C=O) groups is 1. The van der Waals surface area contributed by atoms with E-state index in [0.717, 1.165) is 22.7 Å². The second kappa shape index (κ2) is 9.51. The SMILES string of the molecule is CCn1c(SCC(=O)NCc2ccc(OC)c(OC)c2)nnc1-c1ccoc1C. The Morgan fingerprint density at radius 1 is 1.21 bits per heavy atom. The Kier molecular flexibility index (Phi) is 6.82. The van der Waals surface area contributed by atoms with Crippen LogP contribution in [-0.4, -0.2) is 40.6 Å².